The minimum Gasteiger partial charge on any atom is -0.299 e. The summed E-state index contributed by atoms with van der Waals surface area (Å²) in [6, 6.07) is 0. The van der Waals surface area contributed by atoms with E-state index < -0.39 is 0 Å². The zero-order valence-electron chi connectivity index (χ0n) is 4.03. The van der Waals surface area contributed by atoms with Crippen molar-refractivity contribution in [2.75, 3.05) is 0 Å². The van der Waals surface area contributed by atoms with Crippen LogP contribution in [-0.2, 0) is 4.79 Å². The molecule has 0 fully saturated rings. The second-order valence-electron chi connectivity index (χ2n) is 1.19. The van der Waals surface area contributed by atoms with E-state index in [0.717, 1.165) is 11.2 Å². The second-order valence-corrected chi connectivity index (χ2v) is 3.37. The number of rotatable bonds is 1. The van der Waals surface area contributed by atoms with Crippen LogP contribution in [0.25, 0.3) is 0 Å². The Morgan fingerprint density at radius 2 is 2.50 bits per heavy atom. The standard InChI is InChI=1S/C5H4OS2/c6-3-1-5-2-4-7-8-5/h1-4H/b5-1-. The van der Waals surface area contributed by atoms with Crippen molar-refractivity contribution in [2.24, 2.45) is 0 Å². The number of aldehydes is 1. The average Bonchev–Trinajstić information content (AvgIpc) is 2.19. The van der Waals surface area contributed by atoms with E-state index in [1.807, 2.05) is 11.5 Å². The predicted octanol–water partition coefficient (Wildman–Crippen LogP) is 1.98. The van der Waals surface area contributed by atoms with Gasteiger partial charge < -0.3 is 0 Å². The summed E-state index contributed by atoms with van der Waals surface area (Å²) in [4.78, 5) is 10.9. The van der Waals surface area contributed by atoms with Gasteiger partial charge in [-0.15, -0.1) is 0 Å². The molecule has 0 saturated carbocycles. The molecule has 0 N–H and O–H groups in total. The van der Waals surface area contributed by atoms with Crippen molar-refractivity contribution in [3.05, 3.63) is 22.5 Å². The Labute approximate surface area is 55.6 Å². The lowest BCUT2D eigenvalue weighted by Crippen LogP contribution is -1.62. The largest absolute Gasteiger partial charge is 0.299 e. The first-order valence-electron chi connectivity index (χ1n) is 2.09. The third-order valence-electron chi connectivity index (χ3n) is 0.665. The molecule has 1 aliphatic heterocycles. The first-order chi connectivity index (χ1) is 3.93. The van der Waals surface area contributed by atoms with E-state index >= 15 is 0 Å². The summed E-state index contributed by atoms with van der Waals surface area (Å²) in [5, 5.41) is 1.96. The van der Waals surface area contributed by atoms with Crippen molar-refractivity contribution in [3.8, 4) is 0 Å². The van der Waals surface area contributed by atoms with E-state index in [4.69, 9.17) is 0 Å². The Kier molecular flexibility index (Phi) is 2.24. The fourth-order valence-corrected chi connectivity index (χ4v) is 2.05. The van der Waals surface area contributed by atoms with Gasteiger partial charge in [0.2, 0.25) is 0 Å². The van der Waals surface area contributed by atoms with Gasteiger partial charge in [-0.25, -0.2) is 0 Å². The predicted molar refractivity (Wildman–Crippen MR) is 38.5 cm³/mol. The van der Waals surface area contributed by atoms with Crippen molar-refractivity contribution >= 4 is 27.9 Å². The maximum Gasteiger partial charge on any atom is 0.143 e. The molecule has 0 atom stereocenters. The van der Waals surface area contributed by atoms with Gasteiger partial charge in [-0.1, -0.05) is 21.6 Å². The summed E-state index contributed by atoms with van der Waals surface area (Å²) in [7, 11) is 3.23. The molecule has 1 aliphatic rings. The van der Waals surface area contributed by atoms with Crippen LogP contribution in [0.15, 0.2) is 22.5 Å². The van der Waals surface area contributed by atoms with Crippen LogP contribution < -0.4 is 0 Å². The minimum absolute atomic E-state index is 0.804. The quantitative estimate of drug-likeness (QED) is 0.318. The number of carbonyl (C=O) groups excluding carboxylic acids is 1. The van der Waals surface area contributed by atoms with Gasteiger partial charge in [-0.3, -0.25) is 4.79 Å². The molecule has 0 aliphatic carbocycles. The third-order valence-corrected chi connectivity index (χ3v) is 2.67. The molecular formula is C5H4OS2. The van der Waals surface area contributed by atoms with Gasteiger partial charge in [-0.05, 0) is 17.6 Å². The van der Waals surface area contributed by atoms with Crippen LogP contribution in [0.5, 0.6) is 0 Å². The van der Waals surface area contributed by atoms with Crippen LogP contribution in [0.2, 0.25) is 0 Å². The summed E-state index contributed by atoms with van der Waals surface area (Å²) >= 11 is 0. The van der Waals surface area contributed by atoms with Crippen molar-refractivity contribution in [1.29, 1.82) is 0 Å². The van der Waals surface area contributed by atoms with E-state index in [9.17, 15) is 4.79 Å². The zero-order chi connectivity index (χ0) is 5.82. The van der Waals surface area contributed by atoms with Gasteiger partial charge in [0.1, 0.15) is 6.29 Å². The number of hydrogen-bond acceptors (Lipinski definition) is 3. The monoisotopic (exact) mass is 144 g/mol. The molecule has 3 heteroatoms. The van der Waals surface area contributed by atoms with Crippen LogP contribution in [-0.4, -0.2) is 6.29 Å². The molecule has 0 aromatic heterocycles. The van der Waals surface area contributed by atoms with E-state index in [-0.39, 0.29) is 0 Å². The molecule has 0 aromatic carbocycles. The topological polar surface area (TPSA) is 17.1 Å². The summed E-state index contributed by atoms with van der Waals surface area (Å²) in [5.41, 5.74) is 0. The van der Waals surface area contributed by atoms with Gasteiger partial charge in [0.15, 0.2) is 0 Å². The smallest absolute Gasteiger partial charge is 0.143 e. The second kappa shape index (κ2) is 2.99. The van der Waals surface area contributed by atoms with E-state index in [1.165, 1.54) is 0 Å². The molecule has 1 rings (SSSR count). The lowest BCUT2D eigenvalue weighted by atomic mass is 10.5. The van der Waals surface area contributed by atoms with Gasteiger partial charge in [0, 0.05) is 4.91 Å². The van der Waals surface area contributed by atoms with E-state index in [0.29, 0.717) is 0 Å². The Morgan fingerprint density at radius 3 is 3.00 bits per heavy atom. The van der Waals surface area contributed by atoms with Gasteiger partial charge in [-0.2, -0.15) is 0 Å². The molecule has 0 bridgehead atoms. The van der Waals surface area contributed by atoms with Crippen LogP contribution in [0.3, 0.4) is 0 Å². The summed E-state index contributed by atoms with van der Waals surface area (Å²) in [5.74, 6) is 0. The van der Waals surface area contributed by atoms with Crippen LogP contribution in [0.1, 0.15) is 0 Å². The number of hydrogen-bond donors (Lipinski definition) is 0. The molecule has 0 amide bonds. The molecule has 1 nitrogen and oxygen atoms in total. The molecule has 42 valence electrons. The van der Waals surface area contributed by atoms with E-state index in [2.05, 4.69) is 0 Å². The molecular weight excluding hydrogens is 140 g/mol. The first kappa shape index (κ1) is 5.98. The van der Waals surface area contributed by atoms with Crippen LogP contribution in [0, 0.1) is 0 Å². The highest BCUT2D eigenvalue weighted by Crippen LogP contribution is 2.37. The molecule has 0 unspecified atom stereocenters. The van der Waals surface area contributed by atoms with Gasteiger partial charge in [0.25, 0.3) is 0 Å². The van der Waals surface area contributed by atoms with E-state index in [1.54, 1.807) is 27.7 Å². The van der Waals surface area contributed by atoms with Crippen LogP contribution >= 0.6 is 21.6 Å². The van der Waals surface area contributed by atoms with Crippen LogP contribution in [0.4, 0.5) is 0 Å². The number of allylic oxidation sites excluding steroid dienone is 2. The normalized spacial score (nSPS) is 22.2. The molecule has 1 heterocycles. The van der Waals surface area contributed by atoms with Gasteiger partial charge >= 0.3 is 0 Å². The summed E-state index contributed by atoms with van der Waals surface area (Å²) in [6.07, 6.45) is 4.28. The molecule has 0 saturated heterocycles. The summed E-state index contributed by atoms with van der Waals surface area (Å²) in [6.45, 7) is 0. The Bertz CT molecular complexity index is 149. The first-order valence-corrected chi connectivity index (χ1v) is 4.30. The van der Waals surface area contributed by atoms with Crippen molar-refractivity contribution in [2.45, 2.75) is 0 Å². The fraction of sp³-hybridized carbons (Fsp3) is 0. The highest BCUT2D eigenvalue weighted by molar-refractivity contribution is 8.79. The SMILES string of the molecule is O=C/C=C1/C=CSS1. The molecule has 0 aromatic rings. The molecule has 0 spiro atoms. The average molecular weight is 144 g/mol. The highest BCUT2D eigenvalue weighted by Gasteiger charge is 1.97. The maximum atomic E-state index is 9.83. The van der Waals surface area contributed by atoms with Gasteiger partial charge in [0.05, 0.1) is 0 Å². The molecule has 0 radical (unpaired) electrons. The Hall–Kier alpha value is -0.150. The fourth-order valence-electron chi connectivity index (χ4n) is 0.356. The number of carbonyl (C=O) groups is 1. The minimum atomic E-state index is 0.804. The maximum absolute atomic E-state index is 9.83. The Morgan fingerprint density at radius 1 is 1.62 bits per heavy atom. The Balaban J connectivity index is 2.58. The lowest BCUT2D eigenvalue weighted by molar-refractivity contribution is -0.104. The summed E-state index contributed by atoms with van der Waals surface area (Å²) < 4.78 is 0. The third kappa shape index (κ3) is 1.42. The van der Waals surface area contributed by atoms with Crippen molar-refractivity contribution in [1.82, 2.24) is 0 Å². The zero-order valence-corrected chi connectivity index (χ0v) is 5.67. The van der Waals surface area contributed by atoms with Crippen molar-refractivity contribution in [3.63, 3.8) is 0 Å². The highest BCUT2D eigenvalue weighted by atomic mass is 33.1. The molecule has 8 heavy (non-hydrogen) atoms. The lowest BCUT2D eigenvalue weighted by Gasteiger charge is -1.81. The van der Waals surface area contributed by atoms with Crippen molar-refractivity contribution < 1.29 is 4.79 Å².